The van der Waals surface area contributed by atoms with Crippen molar-refractivity contribution in [2.24, 2.45) is 0 Å². The molecule has 0 saturated heterocycles. The molecule has 0 amide bonds. The molecule has 1 heterocycles. The monoisotopic (exact) mass is 411 g/mol. The number of aromatic nitrogens is 1. The Bertz CT molecular complexity index is 1110. The fourth-order valence-corrected chi connectivity index (χ4v) is 4.47. The number of fused-ring (bicyclic) bond motifs is 1. The maximum absolute atomic E-state index is 9.92. The van der Waals surface area contributed by atoms with Crippen LogP contribution in [0.25, 0.3) is 11.1 Å². The number of ether oxygens (including phenoxy) is 1. The van der Waals surface area contributed by atoms with E-state index in [-0.39, 0.29) is 5.75 Å². The van der Waals surface area contributed by atoms with E-state index in [2.05, 4.69) is 12.1 Å². The third kappa shape index (κ3) is 4.32. The van der Waals surface area contributed by atoms with Crippen LogP contribution in [0, 0.1) is 22.7 Å². The van der Waals surface area contributed by atoms with Gasteiger partial charge in [-0.1, -0.05) is 54.2 Å². The highest BCUT2D eigenvalue weighted by molar-refractivity contribution is 7.99. The summed E-state index contributed by atoms with van der Waals surface area (Å²) in [5, 5.41) is 19.6. The molecule has 1 aliphatic rings. The van der Waals surface area contributed by atoms with Gasteiger partial charge in [0.1, 0.15) is 23.5 Å². The van der Waals surface area contributed by atoms with E-state index in [1.165, 1.54) is 17.3 Å². The predicted octanol–water partition coefficient (Wildman–Crippen LogP) is 5.69. The molecule has 0 aliphatic heterocycles. The highest BCUT2D eigenvalue weighted by Crippen LogP contribution is 2.38. The molecule has 1 aliphatic carbocycles. The highest BCUT2D eigenvalue weighted by atomic mass is 32.2. The van der Waals surface area contributed by atoms with Crippen LogP contribution in [0.15, 0.2) is 59.6 Å². The minimum atomic E-state index is 0.284. The molecule has 4 rings (SSSR count). The second-order valence-electron chi connectivity index (χ2n) is 7.16. The predicted molar refractivity (Wildman–Crippen MR) is 118 cm³/mol. The first kappa shape index (κ1) is 20.0. The van der Waals surface area contributed by atoms with Crippen LogP contribution in [0.5, 0.6) is 5.75 Å². The van der Waals surface area contributed by atoms with Crippen molar-refractivity contribution in [2.45, 2.75) is 37.3 Å². The molecule has 0 N–H and O–H groups in total. The fourth-order valence-electron chi connectivity index (χ4n) is 3.80. The molecule has 0 radical (unpaired) electrons. The average Bonchev–Trinajstić information content (AvgIpc) is 2.81. The van der Waals surface area contributed by atoms with Gasteiger partial charge in [-0.3, -0.25) is 0 Å². The number of aryl methyl sites for hydroxylation is 1. The van der Waals surface area contributed by atoms with Gasteiger partial charge < -0.3 is 4.74 Å². The van der Waals surface area contributed by atoms with E-state index in [1.807, 2.05) is 54.6 Å². The van der Waals surface area contributed by atoms with Gasteiger partial charge in [-0.15, -0.1) is 0 Å². The summed E-state index contributed by atoms with van der Waals surface area (Å²) in [4.78, 5) is 4.75. The molecule has 0 bridgehead atoms. The van der Waals surface area contributed by atoms with Crippen molar-refractivity contribution in [1.29, 1.82) is 10.5 Å². The standard InChI is InChI=1S/C25H21N3OS/c26-14-15-30-25-22(16-27)24(21-8-4-5-9-23(21)28-25)19-10-12-20(13-11-19)29-17-18-6-2-1-3-7-18/h1-3,6-7,10-13H,4-5,8-9,15,17H2. The fraction of sp³-hybridized carbons (Fsp3) is 0.240. The second kappa shape index (κ2) is 9.48. The zero-order valence-corrected chi connectivity index (χ0v) is 17.4. The van der Waals surface area contributed by atoms with Crippen LogP contribution in [0.4, 0.5) is 0 Å². The summed E-state index contributed by atoms with van der Waals surface area (Å²) in [6.45, 7) is 0.517. The first-order valence-electron chi connectivity index (χ1n) is 10.0. The van der Waals surface area contributed by atoms with E-state index in [0.717, 1.165) is 53.8 Å². The number of benzene rings is 2. The van der Waals surface area contributed by atoms with Gasteiger partial charge >= 0.3 is 0 Å². The van der Waals surface area contributed by atoms with Crippen LogP contribution in [-0.2, 0) is 19.4 Å². The molecule has 2 aromatic carbocycles. The van der Waals surface area contributed by atoms with E-state index in [1.54, 1.807) is 0 Å². The molecule has 0 fully saturated rings. The summed E-state index contributed by atoms with van der Waals surface area (Å²) >= 11 is 1.34. The molecule has 0 saturated carbocycles. The molecule has 5 heteroatoms. The van der Waals surface area contributed by atoms with Crippen LogP contribution in [0.1, 0.15) is 35.2 Å². The topological polar surface area (TPSA) is 69.7 Å². The van der Waals surface area contributed by atoms with E-state index in [0.29, 0.717) is 17.2 Å². The summed E-state index contributed by atoms with van der Waals surface area (Å²) in [6, 6.07) is 22.5. The molecule has 0 spiro atoms. The Balaban J connectivity index is 1.67. The van der Waals surface area contributed by atoms with Gasteiger partial charge in [0.2, 0.25) is 0 Å². The minimum absolute atomic E-state index is 0.284. The number of rotatable bonds is 6. The zero-order chi connectivity index (χ0) is 20.8. The molecule has 0 atom stereocenters. The van der Waals surface area contributed by atoms with Gasteiger partial charge in [0.15, 0.2) is 0 Å². The van der Waals surface area contributed by atoms with Crippen molar-refractivity contribution in [2.75, 3.05) is 5.75 Å². The Morgan fingerprint density at radius 3 is 2.47 bits per heavy atom. The van der Waals surface area contributed by atoms with Crippen molar-refractivity contribution in [3.05, 3.63) is 77.0 Å². The van der Waals surface area contributed by atoms with Gasteiger partial charge in [0.05, 0.1) is 17.4 Å². The second-order valence-corrected chi connectivity index (χ2v) is 8.12. The molecule has 148 valence electrons. The minimum Gasteiger partial charge on any atom is -0.489 e. The number of pyridine rings is 1. The summed E-state index contributed by atoms with van der Waals surface area (Å²) < 4.78 is 5.91. The van der Waals surface area contributed by atoms with Crippen molar-refractivity contribution in [3.63, 3.8) is 0 Å². The van der Waals surface area contributed by atoms with Gasteiger partial charge in [-0.05, 0) is 54.5 Å². The third-order valence-electron chi connectivity index (χ3n) is 5.22. The van der Waals surface area contributed by atoms with Gasteiger partial charge in [-0.2, -0.15) is 10.5 Å². The van der Waals surface area contributed by atoms with Crippen molar-refractivity contribution in [1.82, 2.24) is 4.98 Å². The van der Waals surface area contributed by atoms with Gasteiger partial charge in [0.25, 0.3) is 0 Å². The first-order valence-corrected chi connectivity index (χ1v) is 11.0. The lowest BCUT2D eigenvalue weighted by atomic mass is 9.87. The van der Waals surface area contributed by atoms with Gasteiger partial charge in [-0.25, -0.2) is 4.98 Å². The molecular weight excluding hydrogens is 390 g/mol. The van der Waals surface area contributed by atoms with Crippen LogP contribution in [-0.4, -0.2) is 10.7 Å². The van der Waals surface area contributed by atoms with E-state index in [9.17, 15) is 5.26 Å². The smallest absolute Gasteiger partial charge is 0.119 e. The van der Waals surface area contributed by atoms with E-state index in [4.69, 9.17) is 15.0 Å². The van der Waals surface area contributed by atoms with Crippen LogP contribution in [0.3, 0.4) is 0 Å². The van der Waals surface area contributed by atoms with Crippen molar-refractivity contribution >= 4 is 11.8 Å². The number of hydrogen-bond acceptors (Lipinski definition) is 5. The molecule has 30 heavy (non-hydrogen) atoms. The number of hydrogen-bond donors (Lipinski definition) is 0. The Kier molecular flexibility index (Phi) is 6.32. The molecule has 4 nitrogen and oxygen atoms in total. The maximum Gasteiger partial charge on any atom is 0.119 e. The largest absolute Gasteiger partial charge is 0.489 e. The Labute approximate surface area is 181 Å². The normalized spacial score (nSPS) is 12.5. The highest BCUT2D eigenvalue weighted by Gasteiger charge is 2.23. The van der Waals surface area contributed by atoms with Crippen LogP contribution in [0.2, 0.25) is 0 Å². The molecular formula is C25H21N3OS. The van der Waals surface area contributed by atoms with Gasteiger partial charge in [0, 0.05) is 11.3 Å². The maximum atomic E-state index is 9.92. The van der Waals surface area contributed by atoms with Crippen molar-refractivity contribution in [3.8, 4) is 29.0 Å². The third-order valence-corrected chi connectivity index (χ3v) is 6.06. The Morgan fingerprint density at radius 2 is 1.73 bits per heavy atom. The molecule has 1 aromatic heterocycles. The van der Waals surface area contributed by atoms with Crippen LogP contribution < -0.4 is 4.74 Å². The first-order chi connectivity index (χ1) is 14.8. The lowest BCUT2D eigenvalue weighted by Gasteiger charge is -2.22. The molecule has 0 unspecified atom stereocenters. The number of nitrogens with zero attached hydrogens (tertiary/aromatic N) is 3. The lowest BCUT2D eigenvalue weighted by molar-refractivity contribution is 0.306. The SMILES string of the molecule is N#CCSc1nc2c(c(-c3ccc(OCc4ccccc4)cc3)c1C#N)CCCC2. The summed E-state index contributed by atoms with van der Waals surface area (Å²) in [5.74, 6) is 1.08. The van der Waals surface area contributed by atoms with E-state index >= 15 is 0 Å². The quantitative estimate of drug-likeness (QED) is 0.487. The number of thioether (sulfide) groups is 1. The Morgan fingerprint density at radius 1 is 0.967 bits per heavy atom. The summed E-state index contributed by atoms with van der Waals surface area (Å²) in [5.41, 5.74) is 5.91. The molecule has 3 aromatic rings. The van der Waals surface area contributed by atoms with Crippen molar-refractivity contribution < 1.29 is 4.74 Å². The lowest BCUT2D eigenvalue weighted by Crippen LogP contribution is -2.10. The van der Waals surface area contributed by atoms with Crippen LogP contribution >= 0.6 is 11.8 Å². The summed E-state index contributed by atoms with van der Waals surface area (Å²) in [6.07, 6.45) is 4.07. The number of nitriles is 2. The summed E-state index contributed by atoms with van der Waals surface area (Å²) in [7, 11) is 0. The Hall–Kier alpha value is -3.28. The average molecular weight is 412 g/mol. The zero-order valence-electron chi connectivity index (χ0n) is 16.6. The van der Waals surface area contributed by atoms with E-state index < -0.39 is 0 Å².